The highest BCUT2D eigenvalue weighted by Gasteiger charge is 2.24. The number of rotatable bonds is 10. The van der Waals surface area contributed by atoms with Gasteiger partial charge in [0.1, 0.15) is 5.76 Å². The summed E-state index contributed by atoms with van der Waals surface area (Å²) in [5.74, 6) is -1.34. The number of hydrogen-bond acceptors (Lipinski definition) is 4. The Hall–Kier alpha value is -2.31. The first-order valence-corrected chi connectivity index (χ1v) is 9.26. The Morgan fingerprint density at radius 2 is 2.00 bits per heavy atom. The minimum atomic E-state index is -0.950. The molecule has 6 nitrogen and oxygen atoms in total. The third kappa shape index (κ3) is 5.84. The Balaban J connectivity index is 2.16. The number of nitrogens with zero attached hydrogens (tertiary/aromatic N) is 1. The second-order valence-electron chi connectivity index (χ2n) is 6.18. The van der Waals surface area contributed by atoms with Crippen LogP contribution in [-0.2, 0) is 9.53 Å². The van der Waals surface area contributed by atoms with Gasteiger partial charge in [-0.25, -0.2) is 0 Å². The van der Waals surface area contributed by atoms with Crippen LogP contribution in [0.25, 0.3) is 11.3 Å². The predicted molar refractivity (Wildman–Crippen MR) is 103 cm³/mol. The summed E-state index contributed by atoms with van der Waals surface area (Å²) >= 11 is 6.18. The first-order chi connectivity index (χ1) is 12.9. The van der Waals surface area contributed by atoms with E-state index in [1.807, 2.05) is 25.1 Å². The van der Waals surface area contributed by atoms with Gasteiger partial charge in [-0.2, -0.15) is 0 Å². The highest BCUT2D eigenvalue weighted by atomic mass is 35.5. The summed E-state index contributed by atoms with van der Waals surface area (Å²) in [6, 6.07) is 10.5. The number of carbonyl (C=O) groups is 2. The van der Waals surface area contributed by atoms with E-state index in [0.717, 1.165) is 0 Å². The molecule has 146 valence electrons. The van der Waals surface area contributed by atoms with Gasteiger partial charge in [-0.1, -0.05) is 30.7 Å². The number of carboxylic acids is 1. The van der Waals surface area contributed by atoms with Gasteiger partial charge in [-0.15, -0.1) is 0 Å². The molecule has 1 amide bonds. The number of benzene rings is 1. The fourth-order valence-electron chi connectivity index (χ4n) is 2.60. The lowest BCUT2D eigenvalue weighted by molar-refractivity contribution is -0.141. The Morgan fingerprint density at radius 1 is 1.26 bits per heavy atom. The van der Waals surface area contributed by atoms with Crippen LogP contribution in [0.3, 0.4) is 0 Å². The van der Waals surface area contributed by atoms with E-state index in [4.69, 9.17) is 20.8 Å². The van der Waals surface area contributed by atoms with E-state index in [1.54, 1.807) is 25.1 Å². The first kappa shape index (κ1) is 21.0. The van der Waals surface area contributed by atoms with Crippen LogP contribution in [-0.4, -0.2) is 48.2 Å². The third-order valence-corrected chi connectivity index (χ3v) is 4.41. The molecule has 0 saturated heterocycles. The molecule has 1 atom stereocenters. The second kappa shape index (κ2) is 10.1. The zero-order chi connectivity index (χ0) is 19.8. The number of aliphatic carboxylic acids is 1. The molecule has 0 aliphatic carbocycles. The molecule has 1 N–H and O–H groups in total. The molecule has 0 bridgehead atoms. The number of carboxylic acid groups (broad SMARTS) is 1. The maximum absolute atomic E-state index is 12.9. The number of amides is 1. The van der Waals surface area contributed by atoms with Gasteiger partial charge in [0.2, 0.25) is 0 Å². The maximum Gasteiger partial charge on any atom is 0.308 e. The smallest absolute Gasteiger partial charge is 0.308 e. The van der Waals surface area contributed by atoms with E-state index in [2.05, 4.69) is 0 Å². The molecule has 0 aliphatic rings. The van der Waals surface area contributed by atoms with Crippen LogP contribution in [0, 0.1) is 5.92 Å². The summed E-state index contributed by atoms with van der Waals surface area (Å²) < 4.78 is 11.0. The lowest BCUT2D eigenvalue weighted by Gasteiger charge is -2.23. The van der Waals surface area contributed by atoms with Crippen LogP contribution < -0.4 is 0 Å². The largest absolute Gasteiger partial charge is 0.481 e. The van der Waals surface area contributed by atoms with Gasteiger partial charge in [-0.05, 0) is 37.6 Å². The third-order valence-electron chi connectivity index (χ3n) is 4.08. The summed E-state index contributed by atoms with van der Waals surface area (Å²) in [5.41, 5.74) is 0.694. The zero-order valence-electron chi connectivity index (χ0n) is 15.5. The van der Waals surface area contributed by atoms with Crippen molar-refractivity contribution in [2.24, 2.45) is 5.92 Å². The molecular formula is C20H24ClNO5. The summed E-state index contributed by atoms with van der Waals surface area (Å²) in [6.07, 6.45) is 0.615. The number of halogens is 1. The first-order valence-electron chi connectivity index (χ1n) is 8.88. The molecule has 0 saturated carbocycles. The van der Waals surface area contributed by atoms with Crippen LogP contribution in [0.1, 0.15) is 30.8 Å². The van der Waals surface area contributed by atoms with Gasteiger partial charge in [0.05, 0.1) is 10.9 Å². The van der Waals surface area contributed by atoms with E-state index in [0.29, 0.717) is 42.5 Å². The van der Waals surface area contributed by atoms with Crippen LogP contribution in [0.2, 0.25) is 5.02 Å². The van der Waals surface area contributed by atoms with Gasteiger partial charge in [0.15, 0.2) is 5.76 Å². The second-order valence-corrected chi connectivity index (χ2v) is 6.59. The van der Waals surface area contributed by atoms with Gasteiger partial charge in [-0.3, -0.25) is 9.59 Å². The molecule has 0 aliphatic heterocycles. The monoisotopic (exact) mass is 393 g/mol. The van der Waals surface area contributed by atoms with Gasteiger partial charge in [0.25, 0.3) is 5.91 Å². The molecule has 0 radical (unpaired) electrons. The lowest BCUT2D eigenvalue weighted by atomic mass is 10.1. The normalized spacial score (nSPS) is 12.0. The van der Waals surface area contributed by atoms with Crippen molar-refractivity contribution in [3.8, 4) is 11.3 Å². The van der Waals surface area contributed by atoms with Gasteiger partial charge in [0, 0.05) is 31.9 Å². The molecule has 0 fully saturated rings. The van der Waals surface area contributed by atoms with E-state index in [-0.39, 0.29) is 18.2 Å². The molecular weight excluding hydrogens is 370 g/mol. The van der Waals surface area contributed by atoms with E-state index in [9.17, 15) is 14.7 Å². The van der Waals surface area contributed by atoms with Gasteiger partial charge < -0.3 is 19.2 Å². The molecule has 1 heterocycles. The molecule has 27 heavy (non-hydrogen) atoms. The number of ether oxygens (including phenoxy) is 1. The van der Waals surface area contributed by atoms with Crippen molar-refractivity contribution in [2.45, 2.75) is 20.3 Å². The quantitative estimate of drug-likeness (QED) is 0.612. The van der Waals surface area contributed by atoms with E-state index in [1.165, 1.54) is 4.90 Å². The van der Waals surface area contributed by atoms with Crippen molar-refractivity contribution in [1.29, 1.82) is 0 Å². The van der Waals surface area contributed by atoms with Crippen LogP contribution in [0.15, 0.2) is 40.8 Å². The van der Waals surface area contributed by atoms with Crippen molar-refractivity contribution in [3.05, 3.63) is 47.2 Å². The number of furan rings is 1. The predicted octanol–water partition coefficient (Wildman–Crippen LogP) is 4.19. The Morgan fingerprint density at radius 3 is 2.67 bits per heavy atom. The Kier molecular flexibility index (Phi) is 7.88. The van der Waals surface area contributed by atoms with Crippen molar-refractivity contribution in [1.82, 2.24) is 4.90 Å². The molecule has 1 aromatic carbocycles. The summed E-state index contributed by atoms with van der Waals surface area (Å²) in [4.78, 5) is 25.6. The van der Waals surface area contributed by atoms with Crippen LogP contribution >= 0.6 is 11.6 Å². The minimum absolute atomic E-state index is 0.0996. The van der Waals surface area contributed by atoms with Crippen molar-refractivity contribution >= 4 is 23.5 Å². The van der Waals surface area contributed by atoms with Crippen molar-refractivity contribution in [3.63, 3.8) is 0 Å². The van der Waals surface area contributed by atoms with E-state index >= 15 is 0 Å². The summed E-state index contributed by atoms with van der Waals surface area (Å²) in [7, 11) is 0. The van der Waals surface area contributed by atoms with Crippen molar-refractivity contribution in [2.75, 3.05) is 26.3 Å². The minimum Gasteiger partial charge on any atom is -0.481 e. The van der Waals surface area contributed by atoms with Gasteiger partial charge >= 0.3 is 5.97 Å². The SMILES string of the molecule is CCOCCCN(CC(C)C(=O)O)C(=O)c1ccc(-c2ccccc2Cl)o1. The molecule has 0 spiro atoms. The molecule has 1 unspecified atom stereocenters. The lowest BCUT2D eigenvalue weighted by Crippen LogP contribution is -2.37. The average molecular weight is 394 g/mol. The topological polar surface area (TPSA) is 80.0 Å². The number of hydrogen-bond donors (Lipinski definition) is 1. The molecule has 7 heteroatoms. The highest BCUT2D eigenvalue weighted by Crippen LogP contribution is 2.29. The Labute approximate surface area is 163 Å². The molecule has 2 rings (SSSR count). The van der Waals surface area contributed by atoms with Crippen LogP contribution in [0.4, 0.5) is 0 Å². The van der Waals surface area contributed by atoms with Crippen molar-refractivity contribution < 1.29 is 23.8 Å². The Bertz CT molecular complexity index is 773. The average Bonchev–Trinajstić information content (AvgIpc) is 3.13. The highest BCUT2D eigenvalue weighted by molar-refractivity contribution is 6.33. The fraction of sp³-hybridized carbons (Fsp3) is 0.400. The fourth-order valence-corrected chi connectivity index (χ4v) is 2.83. The maximum atomic E-state index is 12.9. The molecule has 1 aromatic heterocycles. The summed E-state index contributed by atoms with van der Waals surface area (Å²) in [5, 5.41) is 9.70. The standard InChI is InChI=1S/C20H24ClNO5/c1-3-26-12-6-11-22(13-14(2)20(24)25)19(23)18-10-9-17(27-18)15-7-4-5-8-16(15)21/h4-5,7-10,14H,3,6,11-13H2,1-2H3,(H,24,25). The van der Waals surface area contributed by atoms with E-state index < -0.39 is 11.9 Å². The zero-order valence-corrected chi connectivity index (χ0v) is 16.2. The van der Waals surface area contributed by atoms with Crippen LogP contribution in [0.5, 0.6) is 0 Å². The number of carbonyl (C=O) groups excluding carboxylic acids is 1. The summed E-state index contributed by atoms with van der Waals surface area (Å²) in [6.45, 7) is 5.06. The molecule has 2 aromatic rings.